The van der Waals surface area contributed by atoms with Crippen molar-refractivity contribution in [3.05, 3.63) is 50.7 Å². The zero-order valence-corrected chi connectivity index (χ0v) is 18.9. The van der Waals surface area contributed by atoms with Crippen LogP contribution in [0.15, 0.2) is 24.3 Å². The first kappa shape index (κ1) is 21.5. The maximum Gasteiger partial charge on any atom is 0.314 e. The van der Waals surface area contributed by atoms with E-state index in [1.54, 1.807) is 11.3 Å². The van der Waals surface area contributed by atoms with E-state index in [9.17, 15) is 4.79 Å². The predicted molar refractivity (Wildman–Crippen MR) is 119 cm³/mol. The normalized spacial score (nSPS) is 15.5. The zero-order valence-electron chi connectivity index (χ0n) is 18.1. The lowest BCUT2D eigenvalue weighted by atomic mass is 9.78. The molecule has 0 bridgehead atoms. The first-order valence-electron chi connectivity index (χ1n) is 10.4. The second-order valence-electron chi connectivity index (χ2n) is 8.19. The summed E-state index contributed by atoms with van der Waals surface area (Å²) in [4.78, 5) is 14.3. The van der Waals surface area contributed by atoms with Crippen molar-refractivity contribution in [1.29, 1.82) is 0 Å². The second-order valence-corrected chi connectivity index (χ2v) is 9.31. The lowest BCUT2D eigenvalue weighted by Gasteiger charge is -2.33. The van der Waals surface area contributed by atoms with Gasteiger partial charge < -0.3 is 9.47 Å². The number of rotatable bonds is 5. The molecule has 0 aliphatic carbocycles. The fourth-order valence-electron chi connectivity index (χ4n) is 3.66. The number of hydrogen-bond acceptors (Lipinski definition) is 4. The van der Waals surface area contributed by atoms with Crippen LogP contribution in [-0.4, -0.2) is 19.2 Å². The number of hydrogen-bond donors (Lipinski definition) is 0. The number of ether oxygens (including phenoxy) is 2. The quantitative estimate of drug-likeness (QED) is 0.450. The number of thiophene rings is 1. The van der Waals surface area contributed by atoms with Gasteiger partial charge in [-0.25, -0.2) is 0 Å². The van der Waals surface area contributed by atoms with Gasteiger partial charge in [0.15, 0.2) is 0 Å². The highest BCUT2D eigenvalue weighted by Crippen LogP contribution is 2.39. The van der Waals surface area contributed by atoms with Crippen LogP contribution in [0.3, 0.4) is 0 Å². The van der Waals surface area contributed by atoms with Crippen LogP contribution in [0, 0.1) is 18.8 Å². The molecule has 1 unspecified atom stereocenters. The SMILES string of the molecule is CCCC(C(=O)OCC)c1ccc(C#Cc2cc3c(cc2C)OCCC3(C)C)s1. The highest BCUT2D eigenvalue weighted by Gasteiger charge is 2.29. The van der Waals surface area contributed by atoms with E-state index in [2.05, 4.69) is 51.7 Å². The highest BCUT2D eigenvalue weighted by molar-refractivity contribution is 7.12. The molecule has 2 aromatic rings. The van der Waals surface area contributed by atoms with Crippen molar-refractivity contribution in [2.75, 3.05) is 13.2 Å². The van der Waals surface area contributed by atoms with Gasteiger partial charge in [0.1, 0.15) is 5.75 Å². The van der Waals surface area contributed by atoms with Gasteiger partial charge in [0, 0.05) is 16.0 Å². The minimum atomic E-state index is -0.191. The Kier molecular flexibility index (Phi) is 6.70. The third-order valence-corrected chi connectivity index (χ3v) is 6.59. The first-order chi connectivity index (χ1) is 13.9. The van der Waals surface area contributed by atoms with Gasteiger partial charge in [-0.3, -0.25) is 4.79 Å². The molecule has 3 nitrogen and oxygen atoms in total. The van der Waals surface area contributed by atoms with E-state index in [1.165, 1.54) is 5.56 Å². The van der Waals surface area contributed by atoms with E-state index in [1.807, 2.05) is 19.1 Å². The average molecular weight is 411 g/mol. The van der Waals surface area contributed by atoms with Crippen LogP contribution in [0.2, 0.25) is 0 Å². The molecule has 1 aliphatic heterocycles. The summed E-state index contributed by atoms with van der Waals surface area (Å²) in [6.45, 7) is 11.7. The summed E-state index contributed by atoms with van der Waals surface area (Å²) in [5, 5.41) is 0. The van der Waals surface area contributed by atoms with E-state index in [-0.39, 0.29) is 17.3 Å². The van der Waals surface area contributed by atoms with Crippen molar-refractivity contribution in [2.24, 2.45) is 0 Å². The molecular formula is C25H30O3S. The Hall–Kier alpha value is -2.25. The summed E-state index contributed by atoms with van der Waals surface area (Å²) in [6, 6.07) is 8.32. The van der Waals surface area contributed by atoms with E-state index in [0.717, 1.165) is 52.5 Å². The van der Waals surface area contributed by atoms with Gasteiger partial charge in [-0.05, 0) is 61.9 Å². The molecule has 154 valence electrons. The lowest BCUT2D eigenvalue weighted by molar-refractivity contribution is -0.145. The van der Waals surface area contributed by atoms with Crippen LogP contribution in [-0.2, 0) is 14.9 Å². The summed E-state index contributed by atoms with van der Waals surface area (Å²) in [7, 11) is 0. The van der Waals surface area contributed by atoms with E-state index in [4.69, 9.17) is 9.47 Å². The third kappa shape index (κ3) is 4.85. The van der Waals surface area contributed by atoms with Gasteiger partial charge in [0.25, 0.3) is 0 Å². The fraction of sp³-hybridized carbons (Fsp3) is 0.480. The number of carbonyl (C=O) groups excluding carboxylic acids is 1. The van der Waals surface area contributed by atoms with E-state index < -0.39 is 0 Å². The van der Waals surface area contributed by atoms with Gasteiger partial charge in [0.05, 0.1) is 24.0 Å². The Labute approximate surface area is 178 Å². The highest BCUT2D eigenvalue weighted by atomic mass is 32.1. The van der Waals surface area contributed by atoms with Crippen LogP contribution in [0.5, 0.6) is 5.75 Å². The van der Waals surface area contributed by atoms with E-state index >= 15 is 0 Å². The summed E-state index contributed by atoms with van der Waals surface area (Å²) in [5.41, 5.74) is 3.49. The number of carbonyl (C=O) groups is 1. The molecular weight excluding hydrogens is 380 g/mol. The van der Waals surface area contributed by atoms with Crippen molar-refractivity contribution >= 4 is 17.3 Å². The Morgan fingerprint density at radius 3 is 2.79 bits per heavy atom. The molecule has 4 heteroatoms. The number of aryl methyl sites for hydroxylation is 1. The van der Waals surface area contributed by atoms with Gasteiger partial charge >= 0.3 is 5.97 Å². The molecule has 1 atom stereocenters. The fourth-order valence-corrected chi connectivity index (χ4v) is 4.64. The van der Waals surface area contributed by atoms with E-state index in [0.29, 0.717) is 6.61 Å². The Morgan fingerprint density at radius 1 is 1.28 bits per heavy atom. The second kappa shape index (κ2) is 9.05. The van der Waals surface area contributed by atoms with Crippen LogP contribution >= 0.6 is 11.3 Å². The summed E-state index contributed by atoms with van der Waals surface area (Å²) in [5.74, 6) is 7.30. The third-order valence-electron chi connectivity index (χ3n) is 5.48. The van der Waals surface area contributed by atoms with Crippen LogP contribution in [0.4, 0.5) is 0 Å². The standard InChI is InChI=1S/C25H30O3S/c1-6-8-20(24(26)27-7-2)23-12-11-19(29-23)10-9-18-16-21-22(15-17(18)3)28-14-13-25(21,4)5/h11-12,15-16,20H,6-8,13-14H2,1-5H3. The van der Waals surface area contributed by atoms with Gasteiger partial charge in [0.2, 0.25) is 0 Å². The van der Waals surface area contributed by atoms with Crippen LogP contribution < -0.4 is 4.74 Å². The van der Waals surface area contributed by atoms with Crippen molar-refractivity contribution in [1.82, 2.24) is 0 Å². The molecule has 1 aromatic heterocycles. The molecule has 1 aliphatic rings. The van der Waals surface area contributed by atoms with Crippen molar-refractivity contribution in [3.8, 4) is 17.6 Å². The molecule has 0 saturated heterocycles. The molecule has 0 N–H and O–H groups in total. The average Bonchev–Trinajstić information content (AvgIpc) is 3.13. The minimum absolute atomic E-state index is 0.0980. The molecule has 0 spiro atoms. The monoisotopic (exact) mass is 410 g/mol. The molecule has 3 rings (SSSR count). The molecule has 2 heterocycles. The van der Waals surface area contributed by atoms with Crippen molar-refractivity contribution in [2.45, 2.75) is 65.2 Å². The number of benzene rings is 1. The zero-order chi connectivity index (χ0) is 21.0. The number of esters is 1. The Balaban J connectivity index is 1.87. The smallest absolute Gasteiger partial charge is 0.314 e. The molecule has 1 aromatic carbocycles. The van der Waals surface area contributed by atoms with Crippen molar-refractivity contribution < 1.29 is 14.3 Å². The van der Waals surface area contributed by atoms with Gasteiger partial charge in [-0.2, -0.15) is 0 Å². The molecule has 0 saturated carbocycles. The number of fused-ring (bicyclic) bond motifs is 1. The molecule has 0 fully saturated rings. The maximum atomic E-state index is 12.3. The topological polar surface area (TPSA) is 35.5 Å². The van der Waals surface area contributed by atoms with Gasteiger partial charge in [-0.1, -0.05) is 39.0 Å². The Bertz CT molecular complexity index is 943. The molecule has 29 heavy (non-hydrogen) atoms. The Morgan fingerprint density at radius 2 is 2.07 bits per heavy atom. The van der Waals surface area contributed by atoms with Crippen LogP contribution in [0.1, 0.15) is 79.3 Å². The summed E-state index contributed by atoms with van der Waals surface area (Å²) >= 11 is 1.59. The van der Waals surface area contributed by atoms with Crippen molar-refractivity contribution in [3.63, 3.8) is 0 Å². The molecule has 0 radical (unpaired) electrons. The maximum absolute atomic E-state index is 12.3. The summed E-state index contributed by atoms with van der Waals surface area (Å²) in [6.07, 6.45) is 2.75. The van der Waals surface area contributed by atoms with Crippen LogP contribution in [0.25, 0.3) is 0 Å². The predicted octanol–water partition coefficient (Wildman–Crippen LogP) is 5.96. The summed E-state index contributed by atoms with van der Waals surface area (Å²) < 4.78 is 11.1. The largest absolute Gasteiger partial charge is 0.493 e. The minimum Gasteiger partial charge on any atom is -0.493 e. The lowest BCUT2D eigenvalue weighted by Crippen LogP contribution is -2.26. The first-order valence-corrected chi connectivity index (χ1v) is 11.2. The van der Waals surface area contributed by atoms with Gasteiger partial charge in [-0.15, -0.1) is 11.3 Å². The molecule has 0 amide bonds.